The summed E-state index contributed by atoms with van der Waals surface area (Å²) in [6, 6.07) is 11.9. The Balaban J connectivity index is 1.87. The van der Waals surface area contributed by atoms with E-state index in [0.717, 1.165) is 5.56 Å². The van der Waals surface area contributed by atoms with Gasteiger partial charge < -0.3 is 15.1 Å². The molecule has 0 saturated carbocycles. The standard InChI is InChI=1S/C21H25ClN4O4S/c1-16-6-8-19(9-7-16)31(29,30)26(21(28)25-12-10-24(2)11-13-25)15-20(27)23-18-5-3-4-17(22)14-18/h3-9,14H,10-13,15H2,1-2H3,(H,23,27). The van der Waals surface area contributed by atoms with Gasteiger partial charge in [0.1, 0.15) is 6.54 Å². The van der Waals surface area contributed by atoms with Crippen molar-refractivity contribution in [3.63, 3.8) is 0 Å². The van der Waals surface area contributed by atoms with Crippen molar-refractivity contribution < 1.29 is 18.0 Å². The van der Waals surface area contributed by atoms with Gasteiger partial charge in [-0.15, -0.1) is 0 Å². The van der Waals surface area contributed by atoms with Crippen LogP contribution in [0.25, 0.3) is 0 Å². The van der Waals surface area contributed by atoms with Gasteiger partial charge in [0.25, 0.3) is 10.0 Å². The molecule has 0 aromatic heterocycles. The molecule has 166 valence electrons. The van der Waals surface area contributed by atoms with Gasteiger partial charge in [-0.1, -0.05) is 35.4 Å². The maximum absolute atomic E-state index is 13.3. The molecular weight excluding hydrogens is 440 g/mol. The lowest BCUT2D eigenvalue weighted by Gasteiger charge is -2.35. The van der Waals surface area contributed by atoms with Crippen LogP contribution in [-0.2, 0) is 14.8 Å². The highest BCUT2D eigenvalue weighted by atomic mass is 35.5. The van der Waals surface area contributed by atoms with Gasteiger partial charge in [-0.3, -0.25) is 4.79 Å². The zero-order chi connectivity index (χ0) is 22.6. The minimum atomic E-state index is -4.23. The number of piperazine rings is 1. The van der Waals surface area contributed by atoms with E-state index in [1.165, 1.54) is 17.0 Å². The smallest absolute Gasteiger partial charge is 0.324 e. The van der Waals surface area contributed by atoms with Gasteiger partial charge in [0.05, 0.1) is 4.90 Å². The zero-order valence-electron chi connectivity index (χ0n) is 17.4. The largest absolute Gasteiger partial charge is 0.334 e. The Morgan fingerprint density at radius 3 is 2.32 bits per heavy atom. The third-order valence-electron chi connectivity index (χ3n) is 4.99. The molecule has 31 heavy (non-hydrogen) atoms. The number of hydrogen-bond acceptors (Lipinski definition) is 5. The zero-order valence-corrected chi connectivity index (χ0v) is 19.0. The molecule has 1 heterocycles. The first-order chi connectivity index (χ1) is 14.7. The second-order valence-corrected chi connectivity index (χ2v) is 9.75. The van der Waals surface area contributed by atoms with Crippen LogP contribution in [0, 0.1) is 6.92 Å². The van der Waals surface area contributed by atoms with Crippen LogP contribution in [0.1, 0.15) is 5.56 Å². The van der Waals surface area contributed by atoms with Crippen molar-refractivity contribution in [2.45, 2.75) is 11.8 Å². The molecule has 1 N–H and O–H groups in total. The van der Waals surface area contributed by atoms with E-state index in [-0.39, 0.29) is 4.90 Å². The van der Waals surface area contributed by atoms with E-state index in [1.807, 2.05) is 14.0 Å². The number of halogens is 1. The molecule has 10 heteroatoms. The first kappa shape index (κ1) is 23.1. The van der Waals surface area contributed by atoms with Crippen LogP contribution in [0.15, 0.2) is 53.4 Å². The van der Waals surface area contributed by atoms with Crippen LogP contribution in [0.4, 0.5) is 10.5 Å². The van der Waals surface area contributed by atoms with Crippen LogP contribution in [0.2, 0.25) is 5.02 Å². The normalized spacial score (nSPS) is 14.9. The maximum atomic E-state index is 13.3. The fourth-order valence-electron chi connectivity index (χ4n) is 3.15. The lowest BCUT2D eigenvalue weighted by Crippen LogP contribution is -2.54. The number of carbonyl (C=O) groups is 2. The van der Waals surface area contributed by atoms with Crippen molar-refractivity contribution in [1.82, 2.24) is 14.1 Å². The molecule has 0 radical (unpaired) electrons. The number of nitrogens with zero attached hydrogens (tertiary/aromatic N) is 3. The van der Waals surface area contributed by atoms with Gasteiger partial charge in [0, 0.05) is 36.9 Å². The number of nitrogens with one attached hydrogen (secondary N) is 1. The molecule has 2 aromatic rings. The molecule has 1 fully saturated rings. The molecule has 1 saturated heterocycles. The van der Waals surface area contributed by atoms with Crippen molar-refractivity contribution in [3.05, 3.63) is 59.1 Å². The van der Waals surface area contributed by atoms with Crippen LogP contribution in [-0.4, -0.2) is 74.2 Å². The Morgan fingerprint density at radius 2 is 1.71 bits per heavy atom. The second-order valence-electron chi connectivity index (χ2n) is 7.46. The number of amides is 3. The monoisotopic (exact) mass is 464 g/mol. The fraction of sp³-hybridized carbons (Fsp3) is 0.333. The third-order valence-corrected chi connectivity index (χ3v) is 6.96. The fourth-order valence-corrected chi connectivity index (χ4v) is 4.68. The number of anilines is 1. The van der Waals surface area contributed by atoms with Crippen molar-refractivity contribution in [1.29, 1.82) is 0 Å². The number of urea groups is 1. The molecule has 3 rings (SSSR count). The maximum Gasteiger partial charge on any atom is 0.334 e. The molecule has 1 aliphatic heterocycles. The Labute approximate surface area is 187 Å². The van der Waals surface area contributed by atoms with Crippen LogP contribution in [0.3, 0.4) is 0 Å². The Morgan fingerprint density at radius 1 is 1.06 bits per heavy atom. The first-order valence-electron chi connectivity index (χ1n) is 9.79. The number of carbonyl (C=O) groups excluding carboxylic acids is 2. The SMILES string of the molecule is Cc1ccc(S(=O)(=O)N(CC(=O)Nc2cccc(Cl)c2)C(=O)N2CCN(C)CC2)cc1. The molecule has 0 bridgehead atoms. The minimum Gasteiger partial charge on any atom is -0.324 e. The summed E-state index contributed by atoms with van der Waals surface area (Å²) in [5, 5.41) is 3.03. The van der Waals surface area contributed by atoms with Crippen LogP contribution >= 0.6 is 11.6 Å². The average molecular weight is 465 g/mol. The number of rotatable bonds is 5. The Hall–Kier alpha value is -2.62. The molecular formula is C21H25ClN4O4S. The number of hydrogen-bond donors (Lipinski definition) is 1. The molecule has 2 aromatic carbocycles. The van der Waals surface area contributed by atoms with E-state index in [1.54, 1.807) is 36.4 Å². The molecule has 0 spiro atoms. The van der Waals surface area contributed by atoms with Gasteiger partial charge >= 0.3 is 6.03 Å². The molecule has 0 unspecified atom stereocenters. The predicted octanol–water partition coefficient (Wildman–Crippen LogP) is 2.65. The molecule has 1 aliphatic rings. The summed E-state index contributed by atoms with van der Waals surface area (Å²) < 4.78 is 27.2. The van der Waals surface area contributed by atoms with Gasteiger partial charge in [-0.2, -0.15) is 0 Å². The van der Waals surface area contributed by atoms with Crippen molar-refractivity contribution >= 4 is 39.2 Å². The Kier molecular flexibility index (Phi) is 7.19. The average Bonchev–Trinajstić information content (AvgIpc) is 2.72. The van der Waals surface area contributed by atoms with E-state index < -0.39 is 28.5 Å². The van der Waals surface area contributed by atoms with Crippen LogP contribution < -0.4 is 5.32 Å². The van der Waals surface area contributed by atoms with Crippen molar-refractivity contribution in [3.8, 4) is 0 Å². The summed E-state index contributed by atoms with van der Waals surface area (Å²) in [4.78, 5) is 29.3. The number of aryl methyl sites for hydroxylation is 1. The summed E-state index contributed by atoms with van der Waals surface area (Å²) in [7, 11) is -2.30. The quantitative estimate of drug-likeness (QED) is 0.734. The van der Waals surface area contributed by atoms with Crippen LogP contribution in [0.5, 0.6) is 0 Å². The molecule has 0 atom stereocenters. The molecule has 8 nitrogen and oxygen atoms in total. The molecule has 0 aliphatic carbocycles. The van der Waals surface area contributed by atoms with Crippen molar-refractivity contribution in [2.75, 3.05) is 45.1 Å². The van der Waals surface area contributed by atoms with E-state index in [9.17, 15) is 18.0 Å². The first-order valence-corrected chi connectivity index (χ1v) is 11.6. The summed E-state index contributed by atoms with van der Waals surface area (Å²) in [5.74, 6) is -0.638. The van der Waals surface area contributed by atoms with E-state index in [2.05, 4.69) is 10.2 Å². The summed E-state index contributed by atoms with van der Waals surface area (Å²) in [5.41, 5.74) is 1.30. The molecule has 3 amide bonds. The number of sulfonamides is 1. The lowest BCUT2D eigenvalue weighted by molar-refractivity contribution is -0.116. The summed E-state index contributed by atoms with van der Waals surface area (Å²) >= 11 is 5.94. The lowest BCUT2D eigenvalue weighted by atomic mass is 10.2. The summed E-state index contributed by atoms with van der Waals surface area (Å²) in [6.45, 7) is 3.20. The van der Waals surface area contributed by atoms with Gasteiger partial charge in [0.2, 0.25) is 5.91 Å². The number of benzene rings is 2. The minimum absolute atomic E-state index is 0.0452. The number of likely N-dealkylation sites (N-methyl/N-ethyl adjacent to an activating group) is 1. The topological polar surface area (TPSA) is 90.0 Å². The third kappa shape index (κ3) is 5.75. The van der Waals surface area contributed by atoms with Gasteiger partial charge in [-0.25, -0.2) is 17.5 Å². The van der Waals surface area contributed by atoms with Gasteiger partial charge in [0.15, 0.2) is 0 Å². The van der Waals surface area contributed by atoms with E-state index in [4.69, 9.17) is 11.6 Å². The van der Waals surface area contributed by atoms with E-state index in [0.29, 0.717) is 41.2 Å². The Bertz CT molecular complexity index is 1050. The van der Waals surface area contributed by atoms with E-state index >= 15 is 0 Å². The van der Waals surface area contributed by atoms with Crippen molar-refractivity contribution in [2.24, 2.45) is 0 Å². The second kappa shape index (κ2) is 9.67. The highest BCUT2D eigenvalue weighted by molar-refractivity contribution is 7.89. The predicted molar refractivity (Wildman–Crippen MR) is 120 cm³/mol. The highest BCUT2D eigenvalue weighted by Gasteiger charge is 2.35. The van der Waals surface area contributed by atoms with Gasteiger partial charge in [-0.05, 0) is 44.3 Å². The summed E-state index contributed by atoms with van der Waals surface area (Å²) in [6.07, 6.45) is 0. The highest BCUT2D eigenvalue weighted by Crippen LogP contribution is 2.20.